The topological polar surface area (TPSA) is 86.8 Å². The number of nitrogens with zero attached hydrogens (tertiary/aromatic N) is 2. The van der Waals surface area contributed by atoms with Gasteiger partial charge in [0, 0.05) is 30.6 Å². The van der Waals surface area contributed by atoms with Gasteiger partial charge in [-0.05, 0) is 62.4 Å². The van der Waals surface area contributed by atoms with Crippen molar-refractivity contribution in [3.63, 3.8) is 0 Å². The van der Waals surface area contributed by atoms with E-state index >= 15 is 0 Å². The summed E-state index contributed by atoms with van der Waals surface area (Å²) in [7, 11) is -3.53. The van der Waals surface area contributed by atoms with Crippen LogP contribution in [0.5, 0.6) is 0 Å². The molecule has 1 atom stereocenters. The van der Waals surface area contributed by atoms with Gasteiger partial charge < -0.3 is 10.2 Å². The van der Waals surface area contributed by atoms with E-state index in [1.807, 2.05) is 31.2 Å². The lowest BCUT2D eigenvalue weighted by Gasteiger charge is -2.31. The van der Waals surface area contributed by atoms with Crippen LogP contribution in [0, 0.1) is 6.92 Å². The molecule has 1 fully saturated rings. The lowest BCUT2D eigenvalue weighted by Crippen LogP contribution is -2.50. The maximum absolute atomic E-state index is 13.4. The second kappa shape index (κ2) is 13.3. The summed E-state index contributed by atoms with van der Waals surface area (Å²) in [5, 5.41) is 3.73. The van der Waals surface area contributed by atoms with Crippen LogP contribution in [-0.2, 0) is 26.2 Å². The van der Waals surface area contributed by atoms with Gasteiger partial charge in [0.25, 0.3) is 0 Å². The van der Waals surface area contributed by atoms with Crippen molar-refractivity contribution in [2.75, 3.05) is 17.1 Å². The quantitative estimate of drug-likeness (QED) is 0.426. The van der Waals surface area contributed by atoms with Gasteiger partial charge in [-0.3, -0.25) is 13.9 Å². The maximum Gasteiger partial charge on any atom is 0.242 e. The number of hydrogen-bond donors (Lipinski definition) is 1. The van der Waals surface area contributed by atoms with Crippen LogP contribution in [0.25, 0.3) is 0 Å². The molecule has 0 saturated heterocycles. The highest BCUT2D eigenvalue weighted by Gasteiger charge is 2.28. The minimum absolute atomic E-state index is 0.118. The Morgan fingerprint density at radius 2 is 1.70 bits per heavy atom. The molecule has 0 aliphatic heterocycles. The van der Waals surface area contributed by atoms with Gasteiger partial charge in [0.1, 0.15) is 6.04 Å². The van der Waals surface area contributed by atoms with Crippen molar-refractivity contribution in [1.29, 1.82) is 0 Å². The predicted molar refractivity (Wildman–Crippen MR) is 149 cm³/mol. The molecule has 2 aromatic carbocycles. The second-order valence-electron chi connectivity index (χ2n) is 9.89. The van der Waals surface area contributed by atoms with Crippen LogP contribution in [0.3, 0.4) is 0 Å². The molecule has 1 N–H and O–H groups in total. The molecule has 9 heteroatoms. The Balaban J connectivity index is 1.71. The van der Waals surface area contributed by atoms with E-state index in [1.165, 1.54) is 17.0 Å². The molecule has 2 aromatic rings. The molecule has 37 heavy (non-hydrogen) atoms. The zero-order valence-electron chi connectivity index (χ0n) is 22.0. The third-order valence-corrected chi connectivity index (χ3v) is 8.35. The monoisotopic (exact) mass is 547 g/mol. The molecule has 2 amide bonds. The van der Waals surface area contributed by atoms with E-state index in [-0.39, 0.29) is 37.4 Å². The SMILES string of the molecule is Cc1ccccc1N(CCCC(=O)N(Cc1ccc(Cl)cc1)[C@H](C)C(=O)NC1CCCCC1)S(C)(=O)=O. The van der Waals surface area contributed by atoms with E-state index < -0.39 is 16.1 Å². The molecule has 0 unspecified atom stereocenters. The molecule has 7 nitrogen and oxygen atoms in total. The molecular weight excluding hydrogens is 510 g/mol. The fourth-order valence-corrected chi connectivity index (χ4v) is 5.91. The molecule has 1 aliphatic carbocycles. The Morgan fingerprint density at radius 1 is 1.05 bits per heavy atom. The van der Waals surface area contributed by atoms with Crippen LogP contribution in [-0.4, -0.2) is 50.0 Å². The van der Waals surface area contributed by atoms with Crippen molar-refractivity contribution in [2.45, 2.75) is 77.4 Å². The van der Waals surface area contributed by atoms with Crippen molar-refractivity contribution >= 4 is 39.1 Å². The Kier molecular flexibility index (Phi) is 10.4. The number of sulfonamides is 1. The van der Waals surface area contributed by atoms with Crippen LogP contribution in [0.1, 0.15) is 63.0 Å². The highest BCUT2D eigenvalue weighted by molar-refractivity contribution is 7.92. The van der Waals surface area contributed by atoms with E-state index in [4.69, 9.17) is 11.6 Å². The number of hydrogen-bond acceptors (Lipinski definition) is 4. The number of anilines is 1. The van der Waals surface area contributed by atoms with Gasteiger partial charge in [-0.25, -0.2) is 8.42 Å². The average Bonchev–Trinajstić information content (AvgIpc) is 2.86. The summed E-state index contributed by atoms with van der Waals surface area (Å²) in [6.07, 6.45) is 6.94. The third kappa shape index (κ3) is 8.47. The van der Waals surface area contributed by atoms with Gasteiger partial charge in [0.2, 0.25) is 21.8 Å². The fourth-order valence-electron chi connectivity index (χ4n) is 4.76. The average molecular weight is 548 g/mol. The number of benzene rings is 2. The van der Waals surface area contributed by atoms with Gasteiger partial charge in [0.05, 0.1) is 11.9 Å². The molecule has 3 rings (SSSR count). The smallest absolute Gasteiger partial charge is 0.242 e. The van der Waals surface area contributed by atoms with Gasteiger partial charge >= 0.3 is 0 Å². The summed E-state index contributed by atoms with van der Waals surface area (Å²) < 4.78 is 26.4. The first-order valence-electron chi connectivity index (χ1n) is 12.9. The lowest BCUT2D eigenvalue weighted by atomic mass is 9.95. The summed E-state index contributed by atoms with van der Waals surface area (Å²) in [5.74, 6) is -0.355. The Morgan fingerprint density at radius 3 is 2.32 bits per heavy atom. The normalized spacial score (nSPS) is 15.1. The summed E-state index contributed by atoms with van der Waals surface area (Å²) in [6.45, 7) is 4.05. The van der Waals surface area contributed by atoms with Gasteiger partial charge in [-0.1, -0.05) is 61.2 Å². The number of carbonyl (C=O) groups excluding carboxylic acids is 2. The largest absolute Gasteiger partial charge is 0.352 e. The minimum atomic E-state index is -3.53. The van der Waals surface area contributed by atoms with E-state index in [9.17, 15) is 18.0 Å². The van der Waals surface area contributed by atoms with Gasteiger partial charge in [0.15, 0.2) is 0 Å². The summed E-state index contributed by atoms with van der Waals surface area (Å²) in [4.78, 5) is 28.1. The fraction of sp³-hybridized carbons (Fsp3) is 0.500. The predicted octanol–water partition coefficient (Wildman–Crippen LogP) is 5.06. The molecular formula is C28H38ClN3O4S. The van der Waals surface area contributed by atoms with E-state index in [0.29, 0.717) is 17.1 Å². The number of halogens is 1. The molecule has 0 spiro atoms. The number of para-hydroxylation sites is 1. The highest BCUT2D eigenvalue weighted by Crippen LogP contribution is 2.23. The van der Waals surface area contributed by atoms with Crippen molar-refractivity contribution in [3.05, 3.63) is 64.7 Å². The summed E-state index contributed by atoms with van der Waals surface area (Å²) >= 11 is 6.03. The number of amides is 2. The van der Waals surface area contributed by atoms with Crippen LogP contribution in [0.15, 0.2) is 48.5 Å². The van der Waals surface area contributed by atoms with Gasteiger partial charge in [-0.15, -0.1) is 0 Å². The van der Waals surface area contributed by atoms with Gasteiger partial charge in [-0.2, -0.15) is 0 Å². The molecule has 0 aromatic heterocycles. The standard InChI is InChI=1S/C28H38ClN3O4S/c1-21-10-7-8-13-26(21)32(37(3,35)36)19-9-14-27(33)31(20-23-15-17-24(29)18-16-23)22(2)28(34)30-25-11-5-4-6-12-25/h7-8,10,13,15-18,22,25H,4-6,9,11-12,14,19-20H2,1-3H3,(H,30,34)/t22-/m1/s1. The van der Waals surface area contributed by atoms with Crippen LogP contribution >= 0.6 is 11.6 Å². The number of nitrogens with one attached hydrogen (secondary N) is 1. The Labute approximate surface area is 226 Å². The van der Waals surface area contributed by atoms with Crippen molar-refractivity contribution in [1.82, 2.24) is 10.2 Å². The Bertz CT molecular complexity index is 1160. The third-order valence-electron chi connectivity index (χ3n) is 6.92. The Hall–Kier alpha value is -2.58. The molecule has 0 bridgehead atoms. The van der Waals surface area contributed by atoms with Crippen LogP contribution in [0.4, 0.5) is 5.69 Å². The summed E-state index contributed by atoms with van der Waals surface area (Å²) in [6, 6.07) is 14.0. The van der Waals surface area contributed by atoms with E-state index in [2.05, 4.69) is 5.32 Å². The molecule has 0 radical (unpaired) electrons. The first-order valence-corrected chi connectivity index (χ1v) is 15.2. The first kappa shape index (κ1) is 29.0. The van der Waals surface area contributed by atoms with Crippen molar-refractivity contribution in [2.24, 2.45) is 0 Å². The lowest BCUT2D eigenvalue weighted by molar-refractivity contribution is -0.141. The van der Waals surface area contributed by atoms with E-state index in [1.54, 1.807) is 36.1 Å². The molecule has 202 valence electrons. The van der Waals surface area contributed by atoms with Crippen LogP contribution in [0.2, 0.25) is 5.02 Å². The summed E-state index contributed by atoms with van der Waals surface area (Å²) in [5.41, 5.74) is 2.32. The molecule has 1 saturated carbocycles. The number of carbonyl (C=O) groups is 2. The van der Waals surface area contributed by atoms with Crippen LogP contribution < -0.4 is 9.62 Å². The zero-order chi connectivity index (χ0) is 27.0. The second-order valence-corrected chi connectivity index (χ2v) is 12.2. The number of rotatable bonds is 11. The van der Waals surface area contributed by atoms with Crippen molar-refractivity contribution < 1.29 is 18.0 Å². The minimum Gasteiger partial charge on any atom is -0.352 e. The molecule has 0 heterocycles. The molecule has 1 aliphatic rings. The highest BCUT2D eigenvalue weighted by atomic mass is 35.5. The van der Waals surface area contributed by atoms with Crippen molar-refractivity contribution in [3.8, 4) is 0 Å². The first-order chi connectivity index (χ1) is 17.6. The maximum atomic E-state index is 13.4. The number of aryl methyl sites for hydroxylation is 1. The zero-order valence-corrected chi connectivity index (χ0v) is 23.5. The van der Waals surface area contributed by atoms with E-state index in [0.717, 1.165) is 36.8 Å².